The zero-order valence-corrected chi connectivity index (χ0v) is 12.8. The highest BCUT2D eigenvalue weighted by Crippen LogP contribution is 2.31. The first-order chi connectivity index (χ1) is 9.15. The predicted molar refractivity (Wildman–Crippen MR) is 82.3 cm³/mol. The third kappa shape index (κ3) is 3.17. The Kier molecular flexibility index (Phi) is 4.61. The molecule has 1 aromatic carbocycles. The van der Waals surface area contributed by atoms with E-state index in [0.717, 1.165) is 5.75 Å². The van der Waals surface area contributed by atoms with Crippen molar-refractivity contribution in [3.63, 3.8) is 0 Å². The largest absolute Gasteiger partial charge is 0.496 e. The maximum Gasteiger partial charge on any atom is 0.129 e. The summed E-state index contributed by atoms with van der Waals surface area (Å²) in [5, 5.41) is 5.42. The molecule has 2 nitrogen and oxygen atoms in total. The van der Waals surface area contributed by atoms with Gasteiger partial charge in [0.25, 0.3) is 0 Å². The molecule has 1 atom stereocenters. The molecule has 0 saturated carbocycles. The van der Waals surface area contributed by atoms with Crippen LogP contribution in [0.4, 0.5) is 0 Å². The molecule has 1 unspecified atom stereocenters. The molecule has 0 aliphatic carbocycles. The Balaban J connectivity index is 2.26. The first-order valence-electron chi connectivity index (χ1n) is 6.55. The molecule has 0 aliphatic heterocycles. The lowest BCUT2D eigenvalue weighted by atomic mass is 9.98. The topological polar surface area (TPSA) is 21.3 Å². The normalized spacial score (nSPS) is 12.7. The summed E-state index contributed by atoms with van der Waals surface area (Å²) in [6.45, 7) is 4.43. The smallest absolute Gasteiger partial charge is 0.129 e. The van der Waals surface area contributed by atoms with Gasteiger partial charge in [-0.15, -0.1) is 11.3 Å². The first-order valence-corrected chi connectivity index (χ1v) is 7.43. The van der Waals surface area contributed by atoms with E-state index in [1.807, 2.05) is 12.4 Å². The van der Waals surface area contributed by atoms with E-state index >= 15 is 0 Å². The molecule has 0 fully saturated rings. The summed E-state index contributed by atoms with van der Waals surface area (Å²) in [6.07, 6.45) is 0. The molecule has 0 saturated heterocycles. The molecule has 1 aromatic heterocycles. The summed E-state index contributed by atoms with van der Waals surface area (Å²) < 4.78 is 5.26. The van der Waals surface area contributed by atoms with Crippen LogP contribution in [0.3, 0.4) is 0 Å². The molecular formula is C16H21NOS. The lowest BCUT2D eigenvalue weighted by Crippen LogP contribution is -2.16. The number of rotatable bonds is 5. The van der Waals surface area contributed by atoms with Crippen LogP contribution >= 0.6 is 11.3 Å². The predicted octanol–water partition coefficient (Wildman–Crippen LogP) is 4.19. The second-order valence-electron chi connectivity index (χ2n) is 4.93. The lowest BCUT2D eigenvalue weighted by Gasteiger charge is -2.16. The molecule has 0 bridgehead atoms. The molecule has 1 N–H and O–H groups in total. The van der Waals surface area contributed by atoms with Gasteiger partial charge in [0.05, 0.1) is 13.2 Å². The Morgan fingerprint density at radius 1 is 1.11 bits per heavy atom. The number of ether oxygens (including phenoxy) is 1. The van der Waals surface area contributed by atoms with Crippen LogP contribution in [0, 0.1) is 0 Å². The summed E-state index contributed by atoms with van der Waals surface area (Å²) in [6, 6.07) is 11.2. The Labute approximate surface area is 119 Å². The van der Waals surface area contributed by atoms with Crippen molar-refractivity contribution in [3.8, 4) is 5.75 Å². The Bertz CT molecular complexity index is 516. The van der Waals surface area contributed by atoms with Gasteiger partial charge < -0.3 is 10.1 Å². The van der Waals surface area contributed by atoms with Crippen LogP contribution in [0.1, 0.15) is 41.8 Å². The second-order valence-corrected chi connectivity index (χ2v) is 5.87. The van der Waals surface area contributed by atoms with Crippen molar-refractivity contribution < 1.29 is 4.74 Å². The summed E-state index contributed by atoms with van der Waals surface area (Å²) in [4.78, 5) is 1.27. The number of benzene rings is 1. The van der Waals surface area contributed by atoms with E-state index in [2.05, 4.69) is 49.5 Å². The highest BCUT2D eigenvalue weighted by molar-refractivity contribution is 7.10. The fourth-order valence-electron chi connectivity index (χ4n) is 2.14. The van der Waals surface area contributed by atoms with Crippen molar-refractivity contribution in [2.45, 2.75) is 25.8 Å². The number of hydrogen-bond donors (Lipinski definition) is 1. The zero-order chi connectivity index (χ0) is 13.8. The third-order valence-electron chi connectivity index (χ3n) is 3.34. The Hall–Kier alpha value is -1.32. The molecule has 2 rings (SSSR count). The van der Waals surface area contributed by atoms with Gasteiger partial charge in [-0.2, -0.15) is 0 Å². The number of hydrogen-bond acceptors (Lipinski definition) is 3. The molecule has 102 valence electrons. The molecule has 2 aromatic rings. The fraction of sp³-hybridized carbons (Fsp3) is 0.375. The fourth-order valence-corrected chi connectivity index (χ4v) is 3.13. The standard InChI is InChI=1S/C16H21NOS/c1-11(2)12-5-7-13(8-6-12)16(17-3)15-9-14(18-4)10-19-15/h5-11,16-17H,1-4H3. The van der Waals surface area contributed by atoms with Crippen LogP contribution in [0.2, 0.25) is 0 Å². The lowest BCUT2D eigenvalue weighted by molar-refractivity contribution is 0.416. The van der Waals surface area contributed by atoms with Gasteiger partial charge in [0.15, 0.2) is 0 Å². The highest BCUT2D eigenvalue weighted by atomic mass is 32.1. The minimum atomic E-state index is 0.232. The van der Waals surface area contributed by atoms with E-state index in [-0.39, 0.29) is 6.04 Å². The van der Waals surface area contributed by atoms with Crippen LogP contribution in [-0.2, 0) is 0 Å². The Morgan fingerprint density at radius 3 is 2.21 bits per heavy atom. The van der Waals surface area contributed by atoms with Gasteiger partial charge in [-0.1, -0.05) is 38.1 Å². The van der Waals surface area contributed by atoms with E-state index in [0.29, 0.717) is 5.92 Å². The monoisotopic (exact) mass is 275 g/mol. The zero-order valence-electron chi connectivity index (χ0n) is 11.9. The molecule has 0 aliphatic rings. The SMILES string of the molecule is CNC(c1ccc(C(C)C)cc1)c1cc(OC)cs1. The molecule has 3 heteroatoms. The van der Waals surface area contributed by atoms with Gasteiger partial charge >= 0.3 is 0 Å². The number of thiophene rings is 1. The van der Waals surface area contributed by atoms with Crippen molar-refractivity contribution in [3.05, 3.63) is 51.7 Å². The van der Waals surface area contributed by atoms with Crippen molar-refractivity contribution in [1.29, 1.82) is 0 Å². The van der Waals surface area contributed by atoms with Crippen LogP contribution < -0.4 is 10.1 Å². The van der Waals surface area contributed by atoms with E-state index in [9.17, 15) is 0 Å². The average Bonchev–Trinajstić information content (AvgIpc) is 2.89. The average molecular weight is 275 g/mol. The van der Waals surface area contributed by atoms with Gasteiger partial charge in [-0.25, -0.2) is 0 Å². The van der Waals surface area contributed by atoms with Gasteiger partial charge in [0, 0.05) is 10.3 Å². The van der Waals surface area contributed by atoms with Crippen molar-refractivity contribution in [2.75, 3.05) is 14.2 Å². The molecular weight excluding hydrogens is 254 g/mol. The van der Waals surface area contributed by atoms with Gasteiger partial charge in [0.1, 0.15) is 5.75 Å². The van der Waals surface area contributed by atoms with Crippen molar-refractivity contribution in [2.24, 2.45) is 0 Å². The van der Waals surface area contributed by atoms with Crippen LogP contribution in [-0.4, -0.2) is 14.2 Å². The first kappa shape index (κ1) is 14.1. The minimum absolute atomic E-state index is 0.232. The van der Waals surface area contributed by atoms with E-state index < -0.39 is 0 Å². The minimum Gasteiger partial charge on any atom is -0.496 e. The molecule has 19 heavy (non-hydrogen) atoms. The van der Waals surface area contributed by atoms with Crippen LogP contribution in [0.15, 0.2) is 35.7 Å². The third-order valence-corrected chi connectivity index (χ3v) is 4.32. The second kappa shape index (κ2) is 6.22. The van der Waals surface area contributed by atoms with Crippen molar-refractivity contribution >= 4 is 11.3 Å². The van der Waals surface area contributed by atoms with Gasteiger partial charge in [0.2, 0.25) is 0 Å². The van der Waals surface area contributed by atoms with Gasteiger partial charge in [-0.05, 0) is 30.2 Å². The van der Waals surface area contributed by atoms with E-state index in [1.54, 1.807) is 18.4 Å². The van der Waals surface area contributed by atoms with Gasteiger partial charge in [-0.3, -0.25) is 0 Å². The van der Waals surface area contributed by atoms with E-state index in [1.165, 1.54) is 16.0 Å². The Morgan fingerprint density at radius 2 is 1.74 bits per heavy atom. The molecule has 0 spiro atoms. The summed E-state index contributed by atoms with van der Waals surface area (Å²) in [5.41, 5.74) is 2.67. The molecule has 0 amide bonds. The van der Waals surface area contributed by atoms with Crippen molar-refractivity contribution in [1.82, 2.24) is 5.32 Å². The maximum absolute atomic E-state index is 5.26. The quantitative estimate of drug-likeness (QED) is 0.883. The summed E-state index contributed by atoms with van der Waals surface area (Å²) in [5.74, 6) is 1.50. The summed E-state index contributed by atoms with van der Waals surface area (Å²) in [7, 11) is 3.70. The van der Waals surface area contributed by atoms with Crippen LogP contribution in [0.5, 0.6) is 5.75 Å². The number of methoxy groups -OCH3 is 1. The molecule has 1 heterocycles. The summed E-state index contributed by atoms with van der Waals surface area (Å²) >= 11 is 1.72. The van der Waals surface area contributed by atoms with Crippen LogP contribution in [0.25, 0.3) is 0 Å². The maximum atomic E-state index is 5.26. The highest BCUT2D eigenvalue weighted by Gasteiger charge is 2.14. The van der Waals surface area contributed by atoms with E-state index in [4.69, 9.17) is 4.74 Å². The number of nitrogens with one attached hydrogen (secondary N) is 1. The molecule has 0 radical (unpaired) electrons.